The fourth-order valence-corrected chi connectivity index (χ4v) is 0.954. The first-order chi connectivity index (χ1) is 3.63. The third kappa shape index (κ3) is 0.823. The normalized spacial score (nSPS) is 35.6. The van der Waals surface area contributed by atoms with Crippen molar-refractivity contribution < 1.29 is 8.78 Å². The van der Waals surface area contributed by atoms with E-state index in [0.29, 0.717) is 12.8 Å². The lowest BCUT2D eigenvalue weighted by Gasteiger charge is -2.12. The van der Waals surface area contributed by atoms with E-state index >= 15 is 0 Å². The first-order valence-electron chi connectivity index (χ1n) is 2.76. The zero-order valence-corrected chi connectivity index (χ0v) is 4.53. The van der Waals surface area contributed by atoms with Crippen LogP contribution in [0.2, 0.25) is 0 Å². The highest BCUT2D eigenvalue weighted by Gasteiger charge is 2.40. The number of hydrogen-bond donors (Lipinski definition) is 1. The lowest BCUT2D eigenvalue weighted by molar-refractivity contribution is -0.00644. The zero-order valence-electron chi connectivity index (χ0n) is 4.53. The monoisotopic (exact) mass is 121 g/mol. The number of rotatable bonds is 0. The minimum absolute atomic E-state index is 0.0197. The van der Waals surface area contributed by atoms with Crippen LogP contribution in [0.15, 0.2) is 0 Å². The van der Waals surface area contributed by atoms with Gasteiger partial charge in [0.1, 0.15) is 0 Å². The van der Waals surface area contributed by atoms with Crippen LogP contribution in [-0.4, -0.2) is 12.0 Å². The lowest BCUT2D eigenvalue weighted by Crippen LogP contribution is -2.34. The summed E-state index contributed by atoms with van der Waals surface area (Å²) in [7, 11) is 0. The molecular formula is C5H9F2N. The minimum atomic E-state index is -2.57. The zero-order chi connectivity index (χ0) is 6.20. The summed E-state index contributed by atoms with van der Waals surface area (Å²) in [6.45, 7) is 0. The van der Waals surface area contributed by atoms with Crippen molar-refractivity contribution >= 4 is 0 Å². The van der Waals surface area contributed by atoms with Crippen molar-refractivity contribution in [1.82, 2.24) is 0 Å². The third-order valence-corrected chi connectivity index (χ3v) is 1.57. The Bertz CT molecular complexity index is 92.4. The summed E-state index contributed by atoms with van der Waals surface area (Å²) in [6, 6.07) is -0.873. The van der Waals surface area contributed by atoms with Crippen molar-refractivity contribution in [2.24, 2.45) is 5.73 Å². The summed E-state index contributed by atoms with van der Waals surface area (Å²) in [5.74, 6) is -2.57. The van der Waals surface area contributed by atoms with Gasteiger partial charge in [0, 0.05) is 6.42 Å². The van der Waals surface area contributed by atoms with Gasteiger partial charge in [-0.05, 0) is 12.8 Å². The smallest absolute Gasteiger partial charge is 0.262 e. The molecule has 0 aromatic rings. The van der Waals surface area contributed by atoms with Crippen LogP contribution < -0.4 is 5.73 Å². The molecule has 0 bridgehead atoms. The highest BCUT2D eigenvalue weighted by molar-refractivity contribution is 4.86. The van der Waals surface area contributed by atoms with Gasteiger partial charge >= 0.3 is 0 Å². The molecule has 0 aliphatic heterocycles. The summed E-state index contributed by atoms with van der Waals surface area (Å²) in [5.41, 5.74) is 5.06. The lowest BCUT2D eigenvalue weighted by atomic mass is 10.2. The molecule has 1 rings (SSSR count). The number of nitrogens with two attached hydrogens (primary N) is 1. The topological polar surface area (TPSA) is 26.0 Å². The second kappa shape index (κ2) is 1.65. The SMILES string of the molecule is N[C@H]1CCCC1(F)F. The molecule has 1 aliphatic rings. The van der Waals surface area contributed by atoms with E-state index in [-0.39, 0.29) is 6.42 Å². The van der Waals surface area contributed by atoms with Crippen LogP contribution in [0.25, 0.3) is 0 Å². The van der Waals surface area contributed by atoms with Gasteiger partial charge in [-0.2, -0.15) is 0 Å². The molecule has 2 N–H and O–H groups in total. The van der Waals surface area contributed by atoms with Crippen LogP contribution in [0.3, 0.4) is 0 Å². The molecular weight excluding hydrogens is 112 g/mol. The Morgan fingerprint density at radius 3 is 2.25 bits per heavy atom. The van der Waals surface area contributed by atoms with Gasteiger partial charge in [0.25, 0.3) is 5.92 Å². The predicted octanol–water partition coefficient (Wildman–Crippen LogP) is 1.13. The van der Waals surface area contributed by atoms with Gasteiger partial charge in [-0.15, -0.1) is 0 Å². The number of halogens is 2. The molecule has 0 aromatic carbocycles. The Labute approximate surface area is 46.9 Å². The molecule has 0 aromatic heterocycles. The number of alkyl halides is 2. The van der Waals surface area contributed by atoms with Gasteiger partial charge < -0.3 is 5.73 Å². The molecule has 3 heteroatoms. The largest absolute Gasteiger partial charge is 0.323 e. The third-order valence-electron chi connectivity index (χ3n) is 1.57. The highest BCUT2D eigenvalue weighted by atomic mass is 19.3. The first kappa shape index (κ1) is 5.95. The standard InChI is InChI=1S/C5H9F2N/c6-5(7)3-1-2-4(5)8/h4H,1-3,8H2/t4-/m0/s1. The molecule has 0 heterocycles. The molecule has 1 atom stereocenters. The van der Waals surface area contributed by atoms with Gasteiger partial charge in [-0.1, -0.05) is 0 Å². The minimum Gasteiger partial charge on any atom is -0.323 e. The van der Waals surface area contributed by atoms with Crippen molar-refractivity contribution in [3.63, 3.8) is 0 Å². The van der Waals surface area contributed by atoms with E-state index < -0.39 is 12.0 Å². The van der Waals surface area contributed by atoms with Crippen molar-refractivity contribution in [3.8, 4) is 0 Å². The maximum Gasteiger partial charge on any atom is 0.262 e. The van der Waals surface area contributed by atoms with Gasteiger partial charge in [0.15, 0.2) is 0 Å². The van der Waals surface area contributed by atoms with Crippen LogP contribution in [0.1, 0.15) is 19.3 Å². The van der Waals surface area contributed by atoms with E-state index in [0.717, 1.165) is 0 Å². The Morgan fingerprint density at radius 2 is 2.12 bits per heavy atom. The number of hydrogen-bond acceptors (Lipinski definition) is 1. The summed E-state index contributed by atoms with van der Waals surface area (Å²) >= 11 is 0. The average Bonchev–Trinajstić information content (AvgIpc) is 1.86. The van der Waals surface area contributed by atoms with Crippen LogP contribution in [0.5, 0.6) is 0 Å². The second-order valence-electron chi connectivity index (χ2n) is 2.26. The second-order valence-corrected chi connectivity index (χ2v) is 2.26. The fraction of sp³-hybridized carbons (Fsp3) is 1.00. The quantitative estimate of drug-likeness (QED) is 0.510. The van der Waals surface area contributed by atoms with E-state index in [2.05, 4.69) is 0 Å². The molecule has 1 nitrogen and oxygen atoms in total. The maximum atomic E-state index is 12.2. The molecule has 0 amide bonds. The molecule has 0 unspecified atom stereocenters. The van der Waals surface area contributed by atoms with Gasteiger partial charge in [-0.25, -0.2) is 8.78 Å². The van der Waals surface area contributed by atoms with Crippen LogP contribution >= 0.6 is 0 Å². The molecule has 48 valence electrons. The maximum absolute atomic E-state index is 12.2. The van der Waals surface area contributed by atoms with Gasteiger partial charge in [0.05, 0.1) is 6.04 Å². The molecule has 1 saturated carbocycles. The van der Waals surface area contributed by atoms with E-state index in [1.54, 1.807) is 0 Å². The summed E-state index contributed by atoms with van der Waals surface area (Å²) in [6.07, 6.45) is 1.04. The summed E-state index contributed by atoms with van der Waals surface area (Å²) in [5, 5.41) is 0. The van der Waals surface area contributed by atoms with Crippen LogP contribution in [-0.2, 0) is 0 Å². The van der Waals surface area contributed by atoms with E-state index in [1.807, 2.05) is 0 Å². The van der Waals surface area contributed by atoms with Crippen molar-refractivity contribution in [1.29, 1.82) is 0 Å². The Hall–Kier alpha value is -0.180. The van der Waals surface area contributed by atoms with Crippen molar-refractivity contribution in [2.45, 2.75) is 31.2 Å². The van der Waals surface area contributed by atoms with Crippen molar-refractivity contribution in [3.05, 3.63) is 0 Å². The Morgan fingerprint density at radius 1 is 1.50 bits per heavy atom. The Kier molecular flexibility index (Phi) is 1.23. The van der Waals surface area contributed by atoms with E-state index in [4.69, 9.17) is 5.73 Å². The van der Waals surface area contributed by atoms with Crippen LogP contribution in [0, 0.1) is 0 Å². The molecule has 1 fully saturated rings. The van der Waals surface area contributed by atoms with Gasteiger partial charge in [-0.3, -0.25) is 0 Å². The first-order valence-corrected chi connectivity index (χ1v) is 2.76. The average molecular weight is 121 g/mol. The highest BCUT2D eigenvalue weighted by Crippen LogP contribution is 2.33. The van der Waals surface area contributed by atoms with E-state index in [9.17, 15) is 8.78 Å². The van der Waals surface area contributed by atoms with Crippen LogP contribution in [0.4, 0.5) is 8.78 Å². The Balaban J connectivity index is 2.54. The molecule has 0 spiro atoms. The van der Waals surface area contributed by atoms with Crippen molar-refractivity contribution in [2.75, 3.05) is 0 Å². The molecule has 1 aliphatic carbocycles. The van der Waals surface area contributed by atoms with E-state index in [1.165, 1.54) is 0 Å². The predicted molar refractivity (Wildman–Crippen MR) is 26.8 cm³/mol. The fourth-order valence-electron chi connectivity index (χ4n) is 0.954. The molecule has 8 heavy (non-hydrogen) atoms. The summed E-state index contributed by atoms with van der Waals surface area (Å²) < 4.78 is 24.4. The van der Waals surface area contributed by atoms with Gasteiger partial charge in [0.2, 0.25) is 0 Å². The summed E-state index contributed by atoms with van der Waals surface area (Å²) in [4.78, 5) is 0. The molecule has 0 saturated heterocycles. The molecule has 0 radical (unpaired) electrons.